The molecule has 3 aromatic rings. The predicted octanol–water partition coefficient (Wildman–Crippen LogP) is 10.7. The van der Waals surface area contributed by atoms with Crippen molar-refractivity contribution in [1.82, 2.24) is 10.6 Å². The highest BCUT2D eigenvalue weighted by atomic mass is 32.1. The minimum absolute atomic E-state index is 0.120. The number of carbonyl (C=O) groups is 2. The summed E-state index contributed by atoms with van der Waals surface area (Å²) < 4.78 is 1.28. The van der Waals surface area contributed by atoms with E-state index in [1.54, 1.807) is 0 Å². The molecule has 1 aromatic heterocycles. The number of thiophene rings is 1. The molecule has 2 N–H and O–H groups in total. The number of amides is 2. The third kappa shape index (κ3) is 9.69. The summed E-state index contributed by atoms with van der Waals surface area (Å²) in [5.74, 6) is 2.98. The lowest BCUT2D eigenvalue weighted by Crippen LogP contribution is -2.33. The number of hydrogen-bond donors (Lipinski definition) is 2. The van der Waals surface area contributed by atoms with E-state index < -0.39 is 0 Å². The topological polar surface area (TPSA) is 58.2 Å². The molecule has 5 heteroatoms. The standard InChI is InChI=1S/C41H60N2O2S/c1-29(2)13-11-15-31(5)23-27-42-37(44)21-25-41(26-22-38(45)43-28-24-32(6)16-12-14-30(3)4)35-19-9-7-17-33(35)40-39(41)34-18-8-10-20-36(34)46-40/h7-10,17-20,29-32H,11-16,21-28H2,1-6H3,(H,42,44)(H,43,45)/t31-,32+,41?. The third-order valence-corrected chi connectivity index (χ3v) is 11.4. The molecular weight excluding hydrogens is 585 g/mol. The van der Waals surface area contributed by atoms with Crippen LogP contribution < -0.4 is 10.6 Å². The molecule has 4 rings (SSSR count). The lowest BCUT2D eigenvalue weighted by atomic mass is 9.70. The van der Waals surface area contributed by atoms with Crippen LogP contribution in [0.3, 0.4) is 0 Å². The molecule has 1 aliphatic rings. The van der Waals surface area contributed by atoms with Crippen LogP contribution in [0.15, 0.2) is 48.5 Å². The lowest BCUT2D eigenvalue weighted by molar-refractivity contribution is -0.121. The fraction of sp³-hybridized carbons (Fsp3) is 0.610. The quantitative estimate of drug-likeness (QED) is 0.129. The van der Waals surface area contributed by atoms with E-state index in [1.807, 2.05) is 11.3 Å². The molecule has 1 unspecified atom stereocenters. The van der Waals surface area contributed by atoms with Crippen molar-refractivity contribution < 1.29 is 9.59 Å². The maximum absolute atomic E-state index is 13.3. The van der Waals surface area contributed by atoms with Gasteiger partial charge in [-0.05, 0) is 77.5 Å². The molecular formula is C41H60N2O2S. The minimum Gasteiger partial charge on any atom is -0.356 e. The van der Waals surface area contributed by atoms with E-state index in [0.717, 1.165) is 37.8 Å². The highest BCUT2D eigenvalue weighted by Gasteiger charge is 2.45. The van der Waals surface area contributed by atoms with Gasteiger partial charge in [-0.3, -0.25) is 9.59 Å². The molecule has 252 valence electrons. The molecule has 0 radical (unpaired) electrons. The fourth-order valence-electron chi connectivity index (χ4n) is 7.37. The van der Waals surface area contributed by atoms with Gasteiger partial charge >= 0.3 is 0 Å². The zero-order valence-electron chi connectivity index (χ0n) is 29.6. The molecule has 0 aliphatic heterocycles. The van der Waals surface area contributed by atoms with Crippen LogP contribution in [-0.4, -0.2) is 24.9 Å². The van der Waals surface area contributed by atoms with E-state index >= 15 is 0 Å². The smallest absolute Gasteiger partial charge is 0.220 e. The van der Waals surface area contributed by atoms with Crippen molar-refractivity contribution in [2.45, 2.75) is 124 Å². The Hall–Kier alpha value is -2.66. The Morgan fingerprint density at radius 1 is 0.674 bits per heavy atom. The first-order chi connectivity index (χ1) is 22.1. The van der Waals surface area contributed by atoms with Gasteiger partial charge in [-0.1, -0.05) is 123 Å². The normalized spacial score (nSPS) is 16.9. The second kappa shape index (κ2) is 17.5. The van der Waals surface area contributed by atoms with Crippen molar-refractivity contribution in [3.8, 4) is 10.4 Å². The van der Waals surface area contributed by atoms with E-state index in [9.17, 15) is 9.59 Å². The second-order valence-electron chi connectivity index (χ2n) is 15.1. The molecule has 1 aliphatic carbocycles. The summed E-state index contributed by atoms with van der Waals surface area (Å²) in [6.45, 7) is 15.2. The molecule has 0 saturated heterocycles. The van der Waals surface area contributed by atoms with Gasteiger partial charge in [0.25, 0.3) is 0 Å². The predicted molar refractivity (Wildman–Crippen MR) is 197 cm³/mol. The first kappa shape index (κ1) is 36.2. The van der Waals surface area contributed by atoms with E-state index in [4.69, 9.17) is 0 Å². The Balaban J connectivity index is 1.44. The zero-order valence-corrected chi connectivity index (χ0v) is 30.4. The van der Waals surface area contributed by atoms with E-state index in [-0.39, 0.29) is 17.2 Å². The van der Waals surface area contributed by atoms with Gasteiger partial charge in [-0.2, -0.15) is 0 Å². The van der Waals surface area contributed by atoms with Crippen LogP contribution in [0.5, 0.6) is 0 Å². The Morgan fingerprint density at radius 3 is 1.76 bits per heavy atom. The second-order valence-corrected chi connectivity index (χ2v) is 16.1. The highest BCUT2D eigenvalue weighted by Crippen LogP contribution is 2.59. The summed E-state index contributed by atoms with van der Waals surface area (Å²) in [7, 11) is 0. The fourth-order valence-corrected chi connectivity index (χ4v) is 8.71. The third-order valence-electron chi connectivity index (χ3n) is 10.2. The van der Waals surface area contributed by atoms with Gasteiger partial charge in [-0.15, -0.1) is 11.3 Å². The van der Waals surface area contributed by atoms with Crippen LogP contribution >= 0.6 is 11.3 Å². The van der Waals surface area contributed by atoms with Crippen molar-refractivity contribution in [3.63, 3.8) is 0 Å². The van der Waals surface area contributed by atoms with Crippen LogP contribution in [0, 0.1) is 23.7 Å². The average molecular weight is 645 g/mol. The Labute approximate surface area is 283 Å². The number of nitrogens with one attached hydrogen (secondary N) is 2. The summed E-state index contributed by atoms with van der Waals surface area (Å²) in [5, 5.41) is 7.75. The number of fused-ring (bicyclic) bond motifs is 5. The number of hydrogen-bond acceptors (Lipinski definition) is 3. The SMILES string of the molecule is CC(C)CCC[C@@H](C)CCNC(=O)CCC1(CCC(=O)NCC[C@@H](C)CCCC(C)C)c2ccccc2-c2sc3ccccc3c21. The van der Waals surface area contributed by atoms with Crippen LogP contribution in [0.4, 0.5) is 0 Å². The van der Waals surface area contributed by atoms with Crippen molar-refractivity contribution in [2.75, 3.05) is 13.1 Å². The monoisotopic (exact) mass is 644 g/mol. The summed E-state index contributed by atoms with van der Waals surface area (Å²) in [6, 6.07) is 17.4. The minimum atomic E-state index is -0.367. The summed E-state index contributed by atoms with van der Waals surface area (Å²) in [6.07, 6.45) is 11.9. The first-order valence-corrected chi connectivity index (χ1v) is 19.1. The molecule has 4 nitrogen and oxygen atoms in total. The lowest BCUT2D eigenvalue weighted by Gasteiger charge is -2.32. The Bertz CT molecular complexity index is 1360. The van der Waals surface area contributed by atoms with Gasteiger partial charge in [0.2, 0.25) is 11.8 Å². The van der Waals surface area contributed by atoms with Crippen LogP contribution in [0.1, 0.15) is 130 Å². The van der Waals surface area contributed by atoms with Crippen LogP contribution in [0.25, 0.3) is 20.5 Å². The van der Waals surface area contributed by atoms with E-state index in [0.29, 0.717) is 37.5 Å². The largest absolute Gasteiger partial charge is 0.356 e. The molecule has 3 atom stereocenters. The number of rotatable bonds is 20. The molecule has 0 spiro atoms. The van der Waals surface area contributed by atoms with Gasteiger partial charge in [-0.25, -0.2) is 0 Å². The van der Waals surface area contributed by atoms with Gasteiger partial charge < -0.3 is 10.6 Å². The summed E-state index contributed by atoms with van der Waals surface area (Å²) >= 11 is 1.85. The highest BCUT2D eigenvalue weighted by molar-refractivity contribution is 7.22. The molecule has 0 bridgehead atoms. The molecule has 0 saturated carbocycles. The molecule has 1 heterocycles. The van der Waals surface area contributed by atoms with Crippen molar-refractivity contribution in [2.24, 2.45) is 23.7 Å². The summed E-state index contributed by atoms with van der Waals surface area (Å²) in [5.41, 5.74) is 3.51. The van der Waals surface area contributed by atoms with Crippen molar-refractivity contribution >= 4 is 33.2 Å². The van der Waals surface area contributed by atoms with Gasteiger partial charge in [0.1, 0.15) is 0 Å². The van der Waals surface area contributed by atoms with Gasteiger partial charge in [0.05, 0.1) is 0 Å². The maximum atomic E-state index is 13.3. The number of carbonyl (C=O) groups excluding carboxylic acids is 2. The van der Waals surface area contributed by atoms with E-state index in [1.165, 1.54) is 70.2 Å². The molecule has 0 fully saturated rings. The van der Waals surface area contributed by atoms with Crippen molar-refractivity contribution in [1.29, 1.82) is 0 Å². The Morgan fingerprint density at radius 2 is 1.20 bits per heavy atom. The van der Waals surface area contributed by atoms with Gasteiger partial charge in [0, 0.05) is 40.9 Å². The van der Waals surface area contributed by atoms with Crippen LogP contribution in [-0.2, 0) is 15.0 Å². The van der Waals surface area contributed by atoms with Crippen molar-refractivity contribution in [3.05, 3.63) is 59.7 Å². The molecule has 46 heavy (non-hydrogen) atoms. The maximum Gasteiger partial charge on any atom is 0.220 e. The zero-order chi connectivity index (χ0) is 33.1. The molecule has 2 aromatic carbocycles. The van der Waals surface area contributed by atoms with Gasteiger partial charge in [0.15, 0.2) is 0 Å². The van der Waals surface area contributed by atoms with Crippen LogP contribution in [0.2, 0.25) is 0 Å². The average Bonchev–Trinajstić information content (AvgIpc) is 3.53. The molecule has 2 amide bonds. The van der Waals surface area contributed by atoms with E-state index in [2.05, 4.69) is 101 Å². The first-order valence-electron chi connectivity index (χ1n) is 18.3. The summed E-state index contributed by atoms with van der Waals surface area (Å²) in [4.78, 5) is 27.9. The Kier molecular flexibility index (Phi) is 13.7. The number of benzene rings is 2.